The van der Waals surface area contributed by atoms with Gasteiger partial charge in [-0.15, -0.1) is 0 Å². The fourth-order valence-electron chi connectivity index (χ4n) is 3.07. The van der Waals surface area contributed by atoms with Gasteiger partial charge in [-0.1, -0.05) is 56.4 Å². The molecule has 23 heavy (non-hydrogen) atoms. The Morgan fingerprint density at radius 2 is 1.96 bits per heavy atom. The Morgan fingerprint density at radius 1 is 1.13 bits per heavy atom. The van der Waals surface area contributed by atoms with Crippen molar-refractivity contribution in [2.45, 2.75) is 46.0 Å². The van der Waals surface area contributed by atoms with Gasteiger partial charge in [0, 0.05) is 6.54 Å². The van der Waals surface area contributed by atoms with E-state index in [2.05, 4.69) is 75.3 Å². The van der Waals surface area contributed by atoms with E-state index in [9.17, 15) is 0 Å². The van der Waals surface area contributed by atoms with Crippen molar-refractivity contribution in [1.82, 2.24) is 4.90 Å². The Kier molecular flexibility index (Phi) is 6.85. The second kappa shape index (κ2) is 8.88. The zero-order valence-electron chi connectivity index (χ0n) is 15.2. The molecule has 0 saturated carbocycles. The van der Waals surface area contributed by atoms with Crippen molar-refractivity contribution in [1.29, 1.82) is 0 Å². The van der Waals surface area contributed by atoms with Crippen LogP contribution in [0.1, 0.15) is 49.8 Å². The van der Waals surface area contributed by atoms with Gasteiger partial charge in [0.2, 0.25) is 0 Å². The molecule has 1 aliphatic carbocycles. The Hall–Kier alpha value is -1.60. The van der Waals surface area contributed by atoms with E-state index in [4.69, 9.17) is 0 Å². The van der Waals surface area contributed by atoms with E-state index in [0.717, 1.165) is 32.2 Å². The SMILES string of the molecule is CCc1ccc(CC)c(/C(=C\CCN(C)C)C2=CCCC=C2)c1. The van der Waals surface area contributed by atoms with Crippen LogP contribution in [0.15, 0.2) is 48.1 Å². The maximum Gasteiger partial charge on any atom is 0.00101 e. The molecule has 0 aromatic heterocycles. The summed E-state index contributed by atoms with van der Waals surface area (Å²) >= 11 is 0. The molecule has 0 spiro atoms. The topological polar surface area (TPSA) is 3.24 Å². The molecular formula is C22H31N. The molecule has 0 atom stereocenters. The summed E-state index contributed by atoms with van der Waals surface area (Å²) in [4.78, 5) is 2.25. The zero-order valence-corrected chi connectivity index (χ0v) is 15.2. The van der Waals surface area contributed by atoms with Gasteiger partial charge in [-0.2, -0.15) is 0 Å². The molecule has 2 rings (SSSR count). The van der Waals surface area contributed by atoms with Crippen molar-refractivity contribution < 1.29 is 0 Å². The third-order valence-corrected chi connectivity index (χ3v) is 4.48. The standard InChI is InChI=1S/C22H31N/c1-5-18-14-15-19(6-2)22(17-18)21(13-10-16-23(3)4)20-11-8-7-9-12-20/h8,11-15,17H,5-7,9-10,16H2,1-4H3/b21-13-. The Labute approximate surface area is 142 Å². The van der Waals surface area contributed by atoms with Crippen molar-refractivity contribution in [3.05, 3.63) is 64.8 Å². The van der Waals surface area contributed by atoms with Crippen molar-refractivity contribution in [2.75, 3.05) is 20.6 Å². The molecule has 1 aliphatic rings. The predicted octanol–water partition coefficient (Wildman–Crippen LogP) is 5.42. The van der Waals surface area contributed by atoms with E-state index in [1.807, 2.05) is 0 Å². The van der Waals surface area contributed by atoms with Crippen LogP contribution >= 0.6 is 0 Å². The fraction of sp³-hybridized carbons (Fsp3) is 0.455. The van der Waals surface area contributed by atoms with Crippen LogP contribution in [0.3, 0.4) is 0 Å². The smallest absolute Gasteiger partial charge is 0.00101 e. The van der Waals surface area contributed by atoms with Crippen LogP contribution in [0.4, 0.5) is 0 Å². The maximum absolute atomic E-state index is 2.44. The molecule has 0 bridgehead atoms. The van der Waals surface area contributed by atoms with Crippen LogP contribution < -0.4 is 0 Å². The van der Waals surface area contributed by atoms with Crippen molar-refractivity contribution in [3.8, 4) is 0 Å². The Morgan fingerprint density at radius 3 is 2.57 bits per heavy atom. The van der Waals surface area contributed by atoms with Crippen LogP contribution in [-0.4, -0.2) is 25.5 Å². The third-order valence-electron chi connectivity index (χ3n) is 4.48. The summed E-state index contributed by atoms with van der Waals surface area (Å²) in [6, 6.07) is 7.01. The lowest BCUT2D eigenvalue weighted by molar-refractivity contribution is 0.417. The molecule has 0 heterocycles. The first kappa shape index (κ1) is 17.7. The van der Waals surface area contributed by atoms with E-state index in [1.54, 1.807) is 0 Å². The van der Waals surface area contributed by atoms with Crippen LogP contribution in [0.5, 0.6) is 0 Å². The molecular weight excluding hydrogens is 278 g/mol. The van der Waals surface area contributed by atoms with Gasteiger partial charge in [-0.3, -0.25) is 0 Å². The maximum atomic E-state index is 2.44. The summed E-state index contributed by atoms with van der Waals surface area (Å²) in [5.41, 5.74) is 7.14. The van der Waals surface area contributed by atoms with Gasteiger partial charge in [0.1, 0.15) is 0 Å². The van der Waals surface area contributed by atoms with Crippen molar-refractivity contribution in [3.63, 3.8) is 0 Å². The summed E-state index contributed by atoms with van der Waals surface area (Å²) in [6.45, 7) is 5.59. The highest BCUT2D eigenvalue weighted by atomic mass is 15.0. The van der Waals surface area contributed by atoms with E-state index in [-0.39, 0.29) is 0 Å². The molecule has 0 saturated heterocycles. The Balaban J connectivity index is 2.44. The Bertz CT molecular complexity index is 602. The molecule has 1 aromatic rings. The highest BCUT2D eigenvalue weighted by molar-refractivity contribution is 5.83. The highest BCUT2D eigenvalue weighted by Gasteiger charge is 2.12. The van der Waals surface area contributed by atoms with Gasteiger partial charge in [0.15, 0.2) is 0 Å². The summed E-state index contributed by atoms with van der Waals surface area (Å²) in [5.74, 6) is 0. The quantitative estimate of drug-likeness (QED) is 0.650. The second-order valence-corrected chi connectivity index (χ2v) is 6.55. The van der Waals surface area contributed by atoms with Gasteiger partial charge in [-0.05, 0) is 74.0 Å². The monoisotopic (exact) mass is 309 g/mol. The minimum absolute atomic E-state index is 1.08. The minimum Gasteiger partial charge on any atom is -0.309 e. The molecule has 0 fully saturated rings. The van der Waals surface area contributed by atoms with Gasteiger partial charge in [-0.25, -0.2) is 0 Å². The average molecular weight is 309 g/mol. The molecule has 1 nitrogen and oxygen atoms in total. The largest absolute Gasteiger partial charge is 0.309 e. The highest BCUT2D eigenvalue weighted by Crippen LogP contribution is 2.31. The van der Waals surface area contributed by atoms with Crippen molar-refractivity contribution >= 4 is 5.57 Å². The first-order valence-electron chi connectivity index (χ1n) is 8.99. The number of nitrogens with zero attached hydrogens (tertiary/aromatic N) is 1. The van der Waals surface area contributed by atoms with Crippen LogP contribution in [0.2, 0.25) is 0 Å². The molecule has 1 aromatic carbocycles. The lowest BCUT2D eigenvalue weighted by Gasteiger charge is -2.18. The van der Waals surface area contributed by atoms with Gasteiger partial charge >= 0.3 is 0 Å². The molecule has 0 radical (unpaired) electrons. The molecule has 0 aliphatic heterocycles. The number of hydrogen-bond donors (Lipinski definition) is 0. The van der Waals surface area contributed by atoms with Crippen molar-refractivity contribution in [2.24, 2.45) is 0 Å². The number of hydrogen-bond acceptors (Lipinski definition) is 1. The van der Waals surface area contributed by atoms with E-state index in [0.29, 0.717) is 0 Å². The number of allylic oxidation sites excluding steroid dienone is 5. The molecule has 124 valence electrons. The summed E-state index contributed by atoms with van der Waals surface area (Å²) in [5, 5.41) is 0. The lowest BCUT2D eigenvalue weighted by Crippen LogP contribution is -2.12. The summed E-state index contributed by atoms with van der Waals surface area (Å²) < 4.78 is 0. The molecule has 0 N–H and O–H groups in total. The van der Waals surface area contributed by atoms with Gasteiger partial charge in [0.25, 0.3) is 0 Å². The molecule has 1 heteroatoms. The second-order valence-electron chi connectivity index (χ2n) is 6.55. The zero-order chi connectivity index (χ0) is 16.7. The van der Waals surface area contributed by atoms with Gasteiger partial charge < -0.3 is 4.90 Å². The average Bonchev–Trinajstić information content (AvgIpc) is 2.58. The molecule has 0 unspecified atom stereocenters. The normalized spacial score (nSPS) is 15.2. The first-order valence-corrected chi connectivity index (χ1v) is 8.99. The van der Waals surface area contributed by atoms with Crippen LogP contribution in [-0.2, 0) is 12.8 Å². The summed E-state index contributed by atoms with van der Waals surface area (Å²) in [7, 11) is 4.28. The van der Waals surface area contributed by atoms with Crippen LogP contribution in [0, 0.1) is 0 Å². The van der Waals surface area contributed by atoms with Gasteiger partial charge in [0.05, 0.1) is 0 Å². The predicted molar refractivity (Wildman–Crippen MR) is 103 cm³/mol. The third kappa shape index (κ3) is 4.94. The molecule has 0 amide bonds. The van der Waals surface area contributed by atoms with Crippen LogP contribution in [0.25, 0.3) is 5.57 Å². The number of rotatable bonds is 7. The lowest BCUT2D eigenvalue weighted by atomic mass is 9.88. The first-order chi connectivity index (χ1) is 11.2. The van der Waals surface area contributed by atoms with E-state index >= 15 is 0 Å². The summed E-state index contributed by atoms with van der Waals surface area (Å²) in [6.07, 6.45) is 15.1. The minimum atomic E-state index is 1.08. The van der Waals surface area contributed by atoms with E-state index in [1.165, 1.54) is 34.3 Å². The number of aryl methyl sites for hydroxylation is 2. The number of benzene rings is 1. The van der Waals surface area contributed by atoms with E-state index < -0.39 is 0 Å². The fourth-order valence-corrected chi connectivity index (χ4v) is 3.07.